The lowest BCUT2D eigenvalue weighted by Gasteiger charge is -2.14. The second-order valence-electron chi connectivity index (χ2n) is 3.62. The molecule has 2 rings (SSSR count). The molecule has 4 nitrogen and oxygen atoms in total. The molecule has 16 heavy (non-hydrogen) atoms. The van der Waals surface area contributed by atoms with Gasteiger partial charge in [0.15, 0.2) is 0 Å². The van der Waals surface area contributed by atoms with Gasteiger partial charge < -0.3 is 9.84 Å². The number of hydrogen-bond acceptors (Lipinski definition) is 3. The minimum atomic E-state index is -2.98. The number of alkyl halides is 2. The zero-order valence-corrected chi connectivity index (χ0v) is 8.19. The maximum Gasteiger partial charge on any atom is 0.387 e. The van der Waals surface area contributed by atoms with Crippen molar-refractivity contribution in [2.24, 2.45) is 0 Å². The quantitative estimate of drug-likeness (QED) is 0.855. The van der Waals surface area contributed by atoms with E-state index < -0.39 is 18.0 Å². The van der Waals surface area contributed by atoms with Gasteiger partial charge in [0.2, 0.25) is 0 Å². The van der Waals surface area contributed by atoms with Gasteiger partial charge in [-0.3, -0.25) is 9.78 Å². The summed E-state index contributed by atoms with van der Waals surface area (Å²) in [5, 5.41) is 9.03. The van der Waals surface area contributed by atoms with E-state index in [1.165, 1.54) is 18.3 Å². The summed E-state index contributed by atoms with van der Waals surface area (Å²) in [7, 11) is 0. The van der Waals surface area contributed by atoms with E-state index in [1.54, 1.807) is 0 Å². The standard InChI is InChI=1S/C10H9F2NO3/c11-9(12)16-6-2-1-5-13-7(6)10(3-4-10)8(14)15/h1-2,5,9H,3-4H2,(H,14,15). The molecule has 0 spiro atoms. The minimum Gasteiger partial charge on any atom is -0.481 e. The van der Waals surface area contributed by atoms with Gasteiger partial charge in [-0.1, -0.05) is 0 Å². The Morgan fingerprint density at radius 1 is 1.56 bits per heavy atom. The normalized spacial score (nSPS) is 17.2. The molecule has 1 saturated carbocycles. The Labute approximate surface area is 89.9 Å². The number of halogens is 2. The molecule has 0 unspecified atom stereocenters. The summed E-state index contributed by atoms with van der Waals surface area (Å²) >= 11 is 0. The van der Waals surface area contributed by atoms with Gasteiger partial charge in [0.1, 0.15) is 11.2 Å². The molecule has 86 valence electrons. The molecular formula is C10H9F2NO3. The zero-order valence-electron chi connectivity index (χ0n) is 8.19. The van der Waals surface area contributed by atoms with Gasteiger partial charge in [-0.05, 0) is 25.0 Å². The minimum absolute atomic E-state index is 0.0859. The van der Waals surface area contributed by atoms with Crippen molar-refractivity contribution >= 4 is 5.97 Å². The van der Waals surface area contributed by atoms with E-state index in [0.717, 1.165) is 0 Å². The number of nitrogens with zero attached hydrogens (tertiary/aromatic N) is 1. The van der Waals surface area contributed by atoms with Crippen molar-refractivity contribution in [3.63, 3.8) is 0 Å². The molecule has 1 aromatic rings. The summed E-state index contributed by atoms with van der Waals surface area (Å²) in [5.41, 5.74) is -1.05. The van der Waals surface area contributed by atoms with Crippen LogP contribution in [0, 0.1) is 0 Å². The van der Waals surface area contributed by atoms with Crippen LogP contribution in [-0.4, -0.2) is 22.7 Å². The third-order valence-corrected chi connectivity index (χ3v) is 2.60. The second-order valence-corrected chi connectivity index (χ2v) is 3.62. The summed E-state index contributed by atoms with van der Waals surface area (Å²) in [6.45, 7) is -2.98. The molecule has 0 radical (unpaired) electrons. The summed E-state index contributed by atoms with van der Waals surface area (Å²) in [4.78, 5) is 14.9. The highest BCUT2D eigenvalue weighted by Crippen LogP contribution is 2.50. The molecular weight excluding hydrogens is 220 g/mol. The van der Waals surface area contributed by atoms with Crippen LogP contribution >= 0.6 is 0 Å². The van der Waals surface area contributed by atoms with Gasteiger partial charge in [-0.25, -0.2) is 0 Å². The number of rotatable bonds is 4. The summed E-state index contributed by atoms with van der Waals surface area (Å²) in [6, 6.07) is 2.73. The maximum absolute atomic E-state index is 12.1. The first kappa shape index (κ1) is 10.8. The molecule has 1 aromatic heterocycles. The third-order valence-electron chi connectivity index (χ3n) is 2.60. The van der Waals surface area contributed by atoms with Crippen molar-refractivity contribution in [2.75, 3.05) is 0 Å². The van der Waals surface area contributed by atoms with E-state index in [0.29, 0.717) is 12.8 Å². The highest BCUT2D eigenvalue weighted by molar-refractivity contribution is 5.85. The van der Waals surface area contributed by atoms with E-state index in [1.807, 2.05) is 0 Å². The Morgan fingerprint density at radius 3 is 2.75 bits per heavy atom. The Hall–Kier alpha value is -1.72. The van der Waals surface area contributed by atoms with E-state index in [9.17, 15) is 13.6 Å². The van der Waals surface area contributed by atoms with Crippen molar-refractivity contribution in [3.05, 3.63) is 24.0 Å². The first-order valence-electron chi connectivity index (χ1n) is 4.70. The lowest BCUT2D eigenvalue weighted by molar-refractivity contribution is -0.140. The lowest BCUT2D eigenvalue weighted by atomic mass is 10.0. The number of carbonyl (C=O) groups is 1. The van der Waals surface area contributed by atoms with Crippen LogP contribution in [-0.2, 0) is 10.2 Å². The van der Waals surface area contributed by atoms with Gasteiger partial charge in [0, 0.05) is 6.20 Å². The molecule has 0 atom stereocenters. The second kappa shape index (κ2) is 3.70. The van der Waals surface area contributed by atoms with Crippen molar-refractivity contribution in [1.82, 2.24) is 4.98 Å². The molecule has 0 saturated heterocycles. The molecule has 0 aliphatic heterocycles. The van der Waals surface area contributed by atoms with Crippen LogP contribution < -0.4 is 4.74 Å². The van der Waals surface area contributed by atoms with Crippen LogP contribution in [0.1, 0.15) is 18.5 Å². The monoisotopic (exact) mass is 229 g/mol. The molecule has 6 heteroatoms. The number of carboxylic acid groups (broad SMARTS) is 1. The number of pyridine rings is 1. The van der Waals surface area contributed by atoms with Crippen molar-refractivity contribution < 1.29 is 23.4 Å². The largest absolute Gasteiger partial charge is 0.481 e. The zero-order chi connectivity index (χ0) is 11.8. The summed E-state index contributed by atoms with van der Waals surface area (Å²) in [6.07, 6.45) is 2.18. The Bertz CT molecular complexity index is 418. The van der Waals surface area contributed by atoms with Crippen LogP contribution in [0.5, 0.6) is 5.75 Å². The van der Waals surface area contributed by atoms with Crippen LogP contribution in [0.25, 0.3) is 0 Å². The van der Waals surface area contributed by atoms with Gasteiger partial charge in [0.25, 0.3) is 0 Å². The smallest absolute Gasteiger partial charge is 0.387 e. The van der Waals surface area contributed by atoms with Gasteiger partial charge in [-0.15, -0.1) is 0 Å². The Kier molecular flexibility index (Phi) is 2.49. The average Bonchev–Trinajstić information content (AvgIpc) is 2.98. The third kappa shape index (κ3) is 1.70. The molecule has 0 amide bonds. The first-order valence-corrected chi connectivity index (χ1v) is 4.70. The van der Waals surface area contributed by atoms with E-state index in [4.69, 9.17) is 5.11 Å². The van der Waals surface area contributed by atoms with E-state index >= 15 is 0 Å². The fourth-order valence-electron chi connectivity index (χ4n) is 1.62. The average molecular weight is 229 g/mol. The fourth-order valence-corrected chi connectivity index (χ4v) is 1.62. The molecule has 0 bridgehead atoms. The number of ether oxygens (including phenoxy) is 1. The van der Waals surface area contributed by atoms with Crippen LogP contribution in [0.15, 0.2) is 18.3 Å². The highest BCUT2D eigenvalue weighted by atomic mass is 19.3. The summed E-state index contributed by atoms with van der Waals surface area (Å²) in [5.74, 6) is -1.21. The van der Waals surface area contributed by atoms with Crippen molar-refractivity contribution in [3.8, 4) is 5.75 Å². The first-order chi connectivity index (χ1) is 7.56. The van der Waals surface area contributed by atoms with Crippen LogP contribution in [0.2, 0.25) is 0 Å². The Morgan fingerprint density at radius 2 is 2.25 bits per heavy atom. The maximum atomic E-state index is 12.1. The van der Waals surface area contributed by atoms with E-state index in [-0.39, 0.29) is 11.4 Å². The predicted octanol–water partition coefficient (Wildman–Crippen LogP) is 1.80. The van der Waals surface area contributed by atoms with Gasteiger partial charge in [-0.2, -0.15) is 8.78 Å². The molecule has 1 N–H and O–H groups in total. The molecule has 1 aliphatic rings. The SMILES string of the molecule is O=C(O)C1(c2ncccc2OC(F)F)CC1. The molecule has 1 aliphatic carbocycles. The van der Waals surface area contributed by atoms with Crippen molar-refractivity contribution in [2.45, 2.75) is 24.9 Å². The predicted molar refractivity (Wildman–Crippen MR) is 49.4 cm³/mol. The topological polar surface area (TPSA) is 59.4 Å². The highest BCUT2D eigenvalue weighted by Gasteiger charge is 2.54. The molecule has 0 aromatic carbocycles. The number of aliphatic carboxylic acids is 1. The summed E-state index contributed by atoms with van der Waals surface area (Å²) < 4.78 is 28.5. The molecule has 1 fully saturated rings. The molecule has 1 heterocycles. The number of hydrogen-bond donors (Lipinski definition) is 1. The van der Waals surface area contributed by atoms with Crippen LogP contribution in [0.4, 0.5) is 8.78 Å². The lowest BCUT2D eigenvalue weighted by Crippen LogP contribution is -2.22. The van der Waals surface area contributed by atoms with Gasteiger partial charge in [0.05, 0.1) is 5.69 Å². The van der Waals surface area contributed by atoms with E-state index in [2.05, 4.69) is 9.72 Å². The Balaban J connectivity index is 2.37. The number of carboxylic acids is 1. The van der Waals surface area contributed by atoms with Crippen molar-refractivity contribution in [1.29, 1.82) is 0 Å². The number of aromatic nitrogens is 1. The van der Waals surface area contributed by atoms with Crippen LogP contribution in [0.3, 0.4) is 0 Å². The van der Waals surface area contributed by atoms with Gasteiger partial charge >= 0.3 is 12.6 Å². The fraction of sp³-hybridized carbons (Fsp3) is 0.400.